The summed E-state index contributed by atoms with van der Waals surface area (Å²) in [6.45, 7) is 1.04. The van der Waals surface area contributed by atoms with Crippen LogP contribution in [-0.2, 0) is 11.3 Å². The summed E-state index contributed by atoms with van der Waals surface area (Å²) in [5, 5.41) is 4.29. The van der Waals surface area contributed by atoms with E-state index in [2.05, 4.69) is 26.5 Å². The molecule has 2 aromatic rings. The van der Waals surface area contributed by atoms with Gasteiger partial charge in [-0.05, 0) is 27.6 Å². The van der Waals surface area contributed by atoms with E-state index < -0.39 is 11.9 Å². The molecular formula is C13H15BrClFN4O. The van der Waals surface area contributed by atoms with Crippen molar-refractivity contribution in [3.8, 4) is 0 Å². The molecule has 1 heterocycles. The van der Waals surface area contributed by atoms with Gasteiger partial charge in [0.2, 0.25) is 0 Å². The van der Waals surface area contributed by atoms with Gasteiger partial charge in [0.1, 0.15) is 5.82 Å². The van der Waals surface area contributed by atoms with Gasteiger partial charge in [0.25, 0.3) is 0 Å². The Labute approximate surface area is 135 Å². The second-order valence-corrected chi connectivity index (χ2v) is 5.57. The highest BCUT2D eigenvalue weighted by molar-refractivity contribution is 9.10. The smallest absolute Gasteiger partial charge is 0.142 e. The second-order valence-electron chi connectivity index (χ2n) is 4.34. The highest BCUT2D eigenvalue weighted by Gasteiger charge is 2.24. The van der Waals surface area contributed by atoms with Crippen LogP contribution in [0.1, 0.15) is 17.3 Å². The molecule has 0 aliphatic carbocycles. The van der Waals surface area contributed by atoms with Crippen molar-refractivity contribution in [3.63, 3.8) is 0 Å². The van der Waals surface area contributed by atoms with E-state index in [1.54, 1.807) is 30.1 Å². The minimum Gasteiger partial charge on any atom is -0.383 e. The fourth-order valence-corrected chi connectivity index (χ4v) is 2.83. The van der Waals surface area contributed by atoms with Gasteiger partial charge in [0.15, 0.2) is 0 Å². The third-order valence-electron chi connectivity index (χ3n) is 3.07. The van der Waals surface area contributed by atoms with Crippen molar-refractivity contribution < 1.29 is 9.13 Å². The number of rotatable bonds is 6. The first-order valence-electron chi connectivity index (χ1n) is 6.20. The topological polar surface area (TPSA) is 65.1 Å². The van der Waals surface area contributed by atoms with Gasteiger partial charge in [0.05, 0.1) is 40.6 Å². The minimum absolute atomic E-state index is 0.0341. The summed E-state index contributed by atoms with van der Waals surface area (Å²) in [5.41, 5.74) is 3.96. The Balaban J connectivity index is 2.46. The van der Waals surface area contributed by atoms with Crippen LogP contribution in [0.2, 0.25) is 5.02 Å². The van der Waals surface area contributed by atoms with Crippen LogP contribution < -0.4 is 11.3 Å². The summed E-state index contributed by atoms with van der Waals surface area (Å²) >= 11 is 9.49. The predicted octanol–water partition coefficient (Wildman–Crippen LogP) is 2.64. The predicted molar refractivity (Wildman–Crippen MR) is 82.4 cm³/mol. The Bertz CT molecular complexity index is 622. The first-order chi connectivity index (χ1) is 10.1. The van der Waals surface area contributed by atoms with E-state index in [0.29, 0.717) is 18.7 Å². The zero-order valence-electron chi connectivity index (χ0n) is 11.3. The maximum absolute atomic E-state index is 13.7. The largest absolute Gasteiger partial charge is 0.383 e. The van der Waals surface area contributed by atoms with Crippen molar-refractivity contribution in [2.24, 2.45) is 5.84 Å². The molecule has 0 saturated carbocycles. The highest BCUT2D eigenvalue weighted by atomic mass is 79.9. The molecule has 1 unspecified atom stereocenters. The Morgan fingerprint density at radius 3 is 3.00 bits per heavy atom. The van der Waals surface area contributed by atoms with Crippen LogP contribution in [0.4, 0.5) is 4.39 Å². The molecular weight excluding hydrogens is 363 g/mol. The van der Waals surface area contributed by atoms with Crippen LogP contribution in [-0.4, -0.2) is 23.5 Å². The van der Waals surface area contributed by atoms with Gasteiger partial charge in [-0.25, -0.2) is 9.82 Å². The van der Waals surface area contributed by atoms with E-state index in [4.69, 9.17) is 22.2 Å². The molecule has 0 aliphatic heterocycles. The summed E-state index contributed by atoms with van der Waals surface area (Å²) in [7, 11) is 1.61. The molecule has 5 nitrogen and oxygen atoms in total. The van der Waals surface area contributed by atoms with Crippen LogP contribution in [0.25, 0.3) is 0 Å². The van der Waals surface area contributed by atoms with Crippen molar-refractivity contribution in [2.45, 2.75) is 12.6 Å². The summed E-state index contributed by atoms with van der Waals surface area (Å²) in [5.74, 6) is 5.16. The first-order valence-corrected chi connectivity index (χ1v) is 7.37. The molecule has 3 N–H and O–H groups in total. The molecule has 114 valence electrons. The van der Waals surface area contributed by atoms with Crippen molar-refractivity contribution in [1.29, 1.82) is 0 Å². The zero-order chi connectivity index (χ0) is 15.4. The number of hydrogen-bond acceptors (Lipinski definition) is 4. The van der Waals surface area contributed by atoms with E-state index >= 15 is 0 Å². The molecule has 0 radical (unpaired) electrons. The van der Waals surface area contributed by atoms with Gasteiger partial charge in [-0.15, -0.1) is 0 Å². The molecule has 0 spiro atoms. The number of hydrazine groups is 1. The standard InChI is InChI=1S/C13H15BrClFN4O/c1-21-6-5-20-13(9(14)7-18-20)12(19-17)8-3-2-4-10(16)11(8)15/h2-4,7,12,19H,5-6,17H2,1H3. The number of halogens is 3. The number of hydrogen-bond donors (Lipinski definition) is 2. The minimum atomic E-state index is -0.498. The highest BCUT2D eigenvalue weighted by Crippen LogP contribution is 2.33. The number of aromatic nitrogens is 2. The van der Waals surface area contributed by atoms with Crippen molar-refractivity contribution in [2.75, 3.05) is 13.7 Å². The maximum atomic E-state index is 13.7. The number of nitrogens with zero attached hydrogens (tertiary/aromatic N) is 2. The van der Waals surface area contributed by atoms with Gasteiger partial charge < -0.3 is 4.74 Å². The average Bonchev–Trinajstić information content (AvgIpc) is 2.83. The average molecular weight is 378 g/mol. The number of nitrogens with one attached hydrogen (secondary N) is 1. The van der Waals surface area contributed by atoms with Gasteiger partial charge in [-0.1, -0.05) is 23.7 Å². The van der Waals surface area contributed by atoms with Crippen LogP contribution in [0.5, 0.6) is 0 Å². The lowest BCUT2D eigenvalue weighted by molar-refractivity contribution is 0.182. The molecule has 8 heteroatoms. The summed E-state index contributed by atoms with van der Waals surface area (Å²) in [6.07, 6.45) is 1.66. The van der Waals surface area contributed by atoms with Gasteiger partial charge in [0, 0.05) is 7.11 Å². The molecule has 0 fully saturated rings. The maximum Gasteiger partial charge on any atom is 0.142 e. The fourth-order valence-electron chi connectivity index (χ4n) is 2.07. The normalized spacial score (nSPS) is 12.6. The molecule has 2 rings (SSSR count). The molecule has 21 heavy (non-hydrogen) atoms. The Kier molecular flexibility index (Phi) is 5.72. The second kappa shape index (κ2) is 7.33. The molecule has 0 aliphatic rings. The molecule has 0 bridgehead atoms. The number of benzene rings is 1. The van der Waals surface area contributed by atoms with Crippen molar-refractivity contribution in [3.05, 3.63) is 51.0 Å². The number of methoxy groups -OCH3 is 1. The Morgan fingerprint density at radius 1 is 1.57 bits per heavy atom. The number of ether oxygens (including phenoxy) is 1. The number of nitrogens with two attached hydrogens (primary N) is 1. The lowest BCUT2D eigenvalue weighted by Crippen LogP contribution is -2.31. The molecule has 1 aromatic heterocycles. The Hall–Kier alpha value is -0.990. The van der Waals surface area contributed by atoms with Crippen molar-refractivity contribution in [1.82, 2.24) is 15.2 Å². The first kappa shape index (κ1) is 16.4. The molecule has 0 saturated heterocycles. The van der Waals surface area contributed by atoms with Gasteiger partial charge >= 0.3 is 0 Å². The third-order valence-corrected chi connectivity index (χ3v) is 4.08. The van der Waals surface area contributed by atoms with E-state index in [1.165, 1.54) is 6.07 Å². The monoisotopic (exact) mass is 376 g/mol. The van der Waals surface area contributed by atoms with E-state index in [-0.39, 0.29) is 5.02 Å². The van der Waals surface area contributed by atoms with E-state index in [1.807, 2.05) is 0 Å². The van der Waals surface area contributed by atoms with E-state index in [9.17, 15) is 4.39 Å². The van der Waals surface area contributed by atoms with Gasteiger partial charge in [-0.3, -0.25) is 10.5 Å². The summed E-state index contributed by atoms with van der Waals surface area (Å²) in [6, 6.07) is 4.11. The Morgan fingerprint density at radius 2 is 2.33 bits per heavy atom. The lowest BCUT2D eigenvalue weighted by Gasteiger charge is -2.20. The zero-order valence-corrected chi connectivity index (χ0v) is 13.7. The SMILES string of the molecule is COCCn1ncc(Br)c1C(NN)c1cccc(F)c1Cl. The third kappa shape index (κ3) is 3.44. The van der Waals surface area contributed by atoms with Crippen LogP contribution in [0.15, 0.2) is 28.9 Å². The van der Waals surface area contributed by atoms with Crippen LogP contribution in [0.3, 0.4) is 0 Å². The molecule has 1 aromatic carbocycles. The van der Waals surface area contributed by atoms with Crippen LogP contribution >= 0.6 is 27.5 Å². The summed E-state index contributed by atoms with van der Waals surface area (Å²) in [4.78, 5) is 0. The summed E-state index contributed by atoms with van der Waals surface area (Å²) < 4.78 is 21.2. The molecule has 1 atom stereocenters. The van der Waals surface area contributed by atoms with Crippen LogP contribution in [0, 0.1) is 5.82 Å². The molecule has 0 amide bonds. The van der Waals surface area contributed by atoms with Crippen molar-refractivity contribution >= 4 is 27.5 Å². The lowest BCUT2D eigenvalue weighted by atomic mass is 10.0. The van der Waals surface area contributed by atoms with E-state index in [0.717, 1.165) is 10.2 Å². The fraction of sp³-hybridized carbons (Fsp3) is 0.308. The van der Waals surface area contributed by atoms with Gasteiger partial charge in [-0.2, -0.15) is 5.10 Å². The quantitative estimate of drug-likeness (QED) is 0.600.